The number of carbonyl (C=O) groups is 1. The smallest absolute Gasteiger partial charge is 0.233 e. The highest BCUT2D eigenvalue weighted by atomic mass is 16.3. The van der Waals surface area contributed by atoms with E-state index in [1.165, 1.54) is 12.3 Å². The van der Waals surface area contributed by atoms with Crippen molar-refractivity contribution >= 4 is 11.7 Å². The van der Waals surface area contributed by atoms with Gasteiger partial charge in [0.05, 0.1) is 5.41 Å². The quantitative estimate of drug-likeness (QED) is 0.672. The van der Waals surface area contributed by atoms with Crippen molar-refractivity contribution in [1.29, 1.82) is 0 Å². The van der Waals surface area contributed by atoms with E-state index in [4.69, 9.17) is 5.73 Å². The van der Waals surface area contributed by atoms with E-state index in [-0.39, 0.29) is 17.5 Å². The van der Waals surface area contributed by atoms with E-state index in [1.54, 1.807) is 6.07 Å². The third-order valence-corrected chi connectivity index (χ3v) is 2.74. The van der Waals surface area contributed by atoms with Crippen LogP contribution in [0.2, 0.25) is 0 Å². The van der Waals surface area contributed by atoms with Gasteiger partial charge in [0.1, 0.15) is 0 Å². The molecule has 0 aliphatic heterocycles. The van der Waals surface area contributed by atoms with Crippen molar-refractivity contribution in [2.75, 3.05) is 11.9 Å². The first-order valence-corrected chi connectivity index (χ1v) is 4.83. The molecule has 1 aromatic heterocycles. The number of hydrogen-bond acceptors (Lipinski definition) is 4. The average Bonchev–Trinajstić information content (AvgIpc) is 3.02. The van der Waals surface area contributed by atoms with Crippen LogP contribution in [0.15, 0.2) is 18.3 Å². The molecule has 5 nitrogen and oxygen atoms in total. The Morgan fingerprint density at radius 1 is 1.67 bits per heavy atom. The molecule has 1 aromatic rings. The van der Waals surface area contributed by atoms with Crippen molar-refractivity contribution < 1.29 is 9.90 Å². The van der Waals surface area contributed by atoms with E-state index >= 15 is 0 Å². The van der Waals surface area contributed by atoms with E-state index in [0.29, 0.717) is 6.54 Å². The average molecular weight is 207 g/mol. The summed E-state index contributed by atoms with van der Waals surface area (Å²) in [5.74, 6) is 0.0138. The molecule has 0 saturated heterocycles. The molecule has 0 aromatic carbocycles. The molecule has 0 spiro atoms. The lowest BCUT2D eigenvalue weighted by Gasteiger charge is -2.12. The third-order valence-electron chi connectivity index (χ3n) is 2.74. The monoisotopic (exact) mass is 207 g/mol. The minimum atomic E-state index is -0.427. The number of nitrogens with zero attached hydrogens (tertiary/aromatic N) is 1. The van der Waals surface area contributed by atoms with Crippen LogP contribution in [0, 0.1) is 5.41 Å². The van der Waals surface area contributed by atoms with Crippen molar-refractivity contribution in [3.63, 3.8) is 0 Å². The molecule has 1 amide bonds. The van der Waals surface area contributed by atoms with E-state index in [2.05, 4.69) is 10.3 Å². The summed E-state index contributed by atoms with van der Waals surface area (Å²) in [5, 5.41) is 12.0. The van der Waals surface area contributed by atoms with Crippen LogP contribution in [0.5, 0.6) is 5.75 Å². The molecule has 80 valence electrons. The lowest BCUT2D eigenvalue weighted by Crippen LogP contribution is -2.31. The van der Waals surface area contributed by atoms with Crippen LogP contribution in [-0.4, -0.2) is 22.5 Å². The SMILES string of the molecule is NCC1(C(=O)Nc2ncccc2O)CC1. The van der Waals surface area contributed by atoms with Crippen LogP contribution < -0.4 is 11.1 Å². The molecule has 4 N–H and O–H groups in total. The van der Waals surface area contributed by atoms with Gasteiger partial charge in [-0.1, -0.05) is 0 Å². The van der Waals surface area contributed by atoms with Gasteiger partial charge < -0.3 is 16.2 Å². The Morgan fingerprint density at radius 3 is 2.93 bits per heavy atom. The highest BCUT2D eigenvalue weighted by Crippen LogP contribution is 2.45. The molecular formula is C10H13N3O2. The summed E-state index contributed by atoms with van der Waals surface area (Å²) in [5.41, 5.74) is 5.09. The molecule has 5 heteroatoms. The van der Waals surface area contributed by atoms with Crippen LogP contribution in [0.4, 0.5) is 5.82 Å². The zero-order valence-electron chi connectivity index (χ0n) is 8.23. The summed E-state index contributed by atoms with van der Waals surface area (Å²) in [6.07, 6.45) is 3.13. The minimum Gasteiger partial charge on any atom is -0.504 e. The standard InChI is InChI=1S/C10H13N3O2/c11-6-10(3-4-10)9(15)13-8-7(14)2-1-5-12-8/h1-2,5,14H,3-4,6,11H2,(H,12,13,15). The Kier molecular flexibility index (Phi) is 2.32. The first kappa shape index (κ1) is 9.92. The van der Waals surface area contributed by atoms with E-state index in [9.17, 15) is 9.90 Å². The summed E-state index contributed by atoms with van der Waals surface area (Å²) < 4.78 is 0. The zero-order valence-corrected chi connectivity index (χ0v) is 8.23. The molecule has 2 rings (SSSR count). The Balaban J connectivity index is 2.10. The van der Waals surface area contributed by atoms with E-state index in [0.717, 1.165) is 12.8 Å². The number of carbonyl (C=O) groups excluding carboxylic acids is 1. The molecule has 1 fully saturated rings. The Hall–Kier alpha value is -1.62. The van der Waals surface area contributed by atoms with Gasteiger partial charge in [0.15, 0.2) is 11.6 Å². The molecule has 0 atom stereocenters. The normalized spacial score (nSPS) is 17.1. The number of nitrogens with two attached hydrogens (primary N) is 1. The van der Waals surface area contributed by atoms with Gasteiger partial charge in [0.2, 0.25) is 5.91 Å². The lowest BCUT2D eigenvalue weighted by molar-refractivity contribution is -0.120. The van der Waals surface area contributed by atoms with E-state index < -0.39 is 5.41 Å². The number of aromatic hydroxyl groups is 1. The first-order valence-electron chi connectivity index (χ1n) is 4.83. The third kappa shape index (κ3) is 1.78. The lowest BCUT2D eigenvalue weighted by atomic mass is 10.1. The highest BCUT2D eigenvalue weighted by molar-refractivity contribution is 5.97. The Labute approximate surface area is 87.3 Å². The van der Waals surface area contributed by atoms with Crippen molar-refractivity contribution in [3.8, 4) is 5.75 Å². The number of rotatable bonds is 3. The largest absolute Gasteiger partial charge is 0.504 e. The second kappa shape index (κ2) is 3.51. The van der Waals surface area contributed by atoms with Crippen LogP contribution >= 0.6 is 0 Å². The maximum absolute atomic E-state index is 11.7. The number of anilines is 1. The van der Waals surface area contributed by atoms with Crippen LogP contribution in [0.1, 0.15) is 12.8 Å². The second-order valence-electron chi connectivity index (χ2n) is 3.81. The van der Waals surface area contributed by atoms with Gasteiger partial charge in [-0.2, -0.15) is 0 Å². The van der Waals surface area contributed by atoms with Crippen molar-refractivity contribution in [3.05, 3.63) is 18.3 Å². The summed E-state index contributed by atoms with van der Waals surface area (Å²) in [6.45, 7) is 0.340. The van der Waals surface area contributed by atoms with Crippen LogP contribution in [-0.2, 0) is 4.79 Å². The van der Waals surface area contributed by atoms with Crippen molar-refractivity contribution in [2.24, 2.45) is 11.1 Å². The van der Waals surface area contributed by atoms with Gasteiger partial charge in [-0.3, -0.25) is 4.79 Å². The maximum atomic E-state index is 11.7. The van der Waals surface area contributed by atoms with Gasteiger partial charge in [-0.25, -0.2) is 4.98 Å². The molecule has 1 aliphatic carbocycles. The molecule has 0 unspecified atom stereocenters. The summed E-state index contributed by atoms with van der Waals surface area (Å²) in [7, 11) is 0. The molecule has 1 heterocycles. The zero-order chi connectivity index (χ0) is 10.9. The van der Waals surface area contributed by atoms with Crippen LogP contribution in [0.3, 0.4) is 0 Å². The fraction of sp³-hybridized carbons (Fsp3) is 0.400. The molecule has 1 saturated carbocycles. The topological polar surface area (TPSA) is 88.2 Å². The fourth-order valence-corrected chi connectivity index (χ4v) is 1.41. The second-order valence-corrected chi connectivity index (χ2v) is 3.81. The van der Waals surface area contributed by atoms with Gasteiger partial charge in [-0.05, 0) is 25.0 Å². The Morgan fingerprint density at radius 2 is 2.40 bits per heavy atom. The molecule has 0 radical (unpaired) electrons. The van der Waals surface area contributed by atoms with Gasteiger partial charge in [-0.15, -0.1) is 0 Å². The summed E-state index contributed by atoms with van der Waals surface area (Å²) >= 11 is 0. The van der Waals surface area contributed by atoms with Gasteiger partial charge in [0.25, 0.3) is 0 Å². The molecule has 1 aliphatic rings. The molecular weight excluding hydrogens is 194 g/mol. The number of pyridine rings is 1. The van der Waals surface area contributed by atoms with Crippen molar-refractivity contribution in [1.82, 2.24) is 4.98 Å². The fourth-order valence-electron chi connectivity index (χ4n) is 1.41. The number of amides is 1. The van der Waals surface area contributed by atoms with E-state index in [1.807, 2.05) is 0 Å². The number of hydrogen-bond donors (Lipinski definition) is 3. The van der Waals surface area contributed by atoms with Crippen molar-refractivity contribution in [2.45, 2.75) is 12.8 Å². The highest BCUT2D eigenvalue weighted by Gasteiger charge is 2.48. The minimum absolute atomic E-state index is 0.0290. The molecule has 0 bridgehead atoms. The van der Waals surface area contributed by atoms with Crippen LogP contribution in [0.25, 0.3) is 0 Å². The first-order chi connectivity index (χ1) is 7.18. The van der Waals surface area contributed by atoms with Gasteiger partial charge in [0, 0.05) is 12.7 Å². The number of aromatic nitrogens is 1. The predicted molar refractivity (Wildman–Crippen MR) is 55.3 cm³/mol. The Bertz CT molecular complexity index is 388. The predicted octanol–water partition coefficient (Wildman–Crippen LogP) is 0.465. The summed E-state index contributed by atoms with van der Waals surface area (Å²) in [6, 6.07) is 3.07. The van der Waals surface area contributed by atoms with Gasteiger partial charge >= 0.3 is 0 Å². The maximum Gasteiger partial charge on any atom is 0.233 e. The molecule has 15 heavy (non-hydrogen) atoms. The number of nitrogens with one attached hydrogen (secondary N) is 1. The summed E-state index contributed by atoms with van der Waals surface area (Å²) in [4.78, 5) is 15.6.